The van der Waals surface area contributed by atoms with Crippen LogP contribution >= 0.6 is 11.6 Å². The Balaban J connectivity index is 2.10. The molecule has 0 unspecified atom stereocenters. The van der Waals surface area contributed by atoms with Gasteiger partial charge >= 0.3 is 11.9 Å². The summed E-state index contributed by atoms with van der Waals surface area (Å²) in [6.45, 7) is 0. The monoisotopic (exact) mass is 323 g/mol. The molecule has 2 rings (SSSR count). The number of aromatic nitrogens is 3. The van der Waals surface area contributed by atoms with Gasteiger partial charge in [-0.15, -0.1) is 16.7 Å². The fourth-order valence-corrected chi connectivity index (χ4v) is 2.06. The Labute approximate surface area is 131 Å². The summed E-state index contributed by atoms with van der Waals surface area (Å²) in [6, 6.07) is 7.19. The molecule has 0 aliphatic carbocycles. The molecule has 0 saturated carbocycles. The van der Waals surface area contributed by atoms with Crippen molar-refractivity contribution >= 4 is 23.5 Å². The van der Waals surface area contributed by atoms with Crippen LogP contribution in [0.4, 0.5) is 0 Å². The van der Waals surface area contributed by atoms with Crippen molar-refractivity contribution in [1.29, 1.82) is 0 Å². The number of benzene rings is 1. The van der Waals surface area contributed by atoms with Gasteiger partial charge < -0.3 is 9.47 Å². The van der Waals surface area contributed by atoms with Crippen LogP contribution in [0.5, 0.6) is 0 Å². The van der Waals surface area contributed by atoms with Crippen LogP contribution in [0.2, 0.25) is 0 Å². The van der Waals surface area contributed by atoms with Crippen molar-refractivity contribution < 1.29 is 19.1 Å². The van der Waals surface area contributed by atoms with Crippen LogP contribution in [0.1, 0.15) is 16.1 Å². The fraction of sp³-hybridized carbons (Fsp3) is 0.286. The van der Waals surface area contributed by atoms with Gasteiger partial charge in [0.2, 0.25) is 0 Å². The lowest BCUT2D eigenvalue weighted by Gasteiger charge is -2.08. The minimum absolute atomic E-state index is 0.123. The van der Waals surface area contributed by atoms with Crippen molar-refractivity contribution in [3.05, 3.63) is 41.7 Å². The first-order valence-electron chi connectivity index (χ1n) is 6.37. The van der Waals surface area contributed by atoms with Gasteiger partial charge in [-0.25, -0.2) is 9.48 Å². The fourth-order valence-electron chi connectivity index (χ4n) is 1.79. The number of nitrogens with zero attached hydrogens (tertiary/aromatic N) is 3. The highest BCUT2D eigenvalue weighted by molar-refractivity contribution is 6.30. The predicted molar refractivity (Wildman–Crippen MR) is 78.1 cm³/mol. The molecule has 8 heteroatoms. The second-order valence-electron chi connectivity index (χ2n) is 4.40. The number of ether oxygens (including phenoxy) is 2. The van der Waals surface area contributed by atoms with E-state index in [1.807, 2.05) is 12.1 Å². The summed E-state index contributed by atoms with van der Waals surface area (Å²) in [5.41, 5.74) is 1.72. The summed E-state index contributed by atoms with van der Waals surface area (Å²) in [5, 5.41) is 6.85. The van der Waals surface area contributed by atoms with Crippen LogP contribution in [0.25, 0.3) is 5.69 Å². The number of halogens is 1. The molecule has 22 heavy (non-hydrogen) atoms. The van der Waals surface area contributed by atoms with Crippen LogP contribution in [-0.2, 0) is 20.7 Å². The van der Waals surface area contributed by atoms with E-state index in [1.165, 1.54) is 25.1 Å². The Morgan fingerprint density at radius 2 is 1.91 bits per heavy atom. The molecule has 1 atom stereocenters. The van der Waals surface area contributed by atoms with Crippen molar-refractivity contribution in [2.24, 2.45) is 0 Å². The third-order valence-corrected chi connectivity index (χ3v) is 3.29. The normalized spacial score (nSPS) is 11.8. The summed E-state index contributed by atoms with van der Waals surface area (Å²) >= 11 is 5.92. The number of rotatable bonds is 5. The van der Waals surface area contributed by atoms with Crippen molar-refractivity contribution in [2.75, 3.05) is 14.2 Å². The lowest BCUT2D eigenvalue weighted by Crippen LogP contribution is -2.18. The SMILES string of the molecule is COC(=O)c1cn(-c2ccc(C[C@H](Cl)C(=O)OC)cc2)nn1. The van der Waals surface area contributed by atoms with Gasteiger partial charge in [0.05, 0.1) is 26.1 Å². The first kappa shape index (κ1) is 16.0. The van der Waals surface area contributed by atoms with E-state index in [1.54, 1.807) is 12.1 Å². The average Bonchev–Trinajstić information content (AvgIpc) is 3.03. The zero-order chi connectivity index (χ0) is 16.1. The van der Waals surface area contributed by atoms with E-state index in [9.17, 15) is 9.59 Å². The van der Waals surface area contributed by atoms with Crippen LogP contribution in [0.3, 0.4) is 0 Å². The van der Waals surface area contributed by atoms with Crippen molar-refractivity contribution in [3.63, 3.8) is 0 Å². The molecule has 1 heterocycles. The van der Waals surface area contributed by atoms with E-state index < -0.39 is 17.3 Å². The molecule has 0 saturated heterocycles. The number of hydrogen-bond acceptors (Lipinski definition) is 6. The largest absolute Gasteiger partial charge is 0.468 e. The molecule has 1 aromatic heterocycles. The van der Waals surface area contributed by atoms with E-state index in [0.29, 0.717) is 6.42 Å². The number of carbonyl (C=O) groups excluding carboxylic acids is 2. The molecule has 0 aliphatic rings. The molecule has 0 amide bonds. The highest BCUT2D eigenvalue weighted by Gasteiger charge is 2.16. The summed E-state index contributed by atoms with van der Waals surface area (Å²) < 4.78 is 10.6. The molecule has 0 spiro atoms. The molecule has 116 valence electrons. The lowest BCUT2D eigenvalue weighted by atomic mass is 10.1. The van der Waals surface area contributed by atoms with E-state index in [0.717, 1.165) is 11.3 Å². The second-order valence-corrected chi connectivity index (χ2v) is 4.93. The van der Waals surface area contributed by atoms with Gasteiger partial charge in [0, 0.05) is 0 Å². The lowest BCUT2D eigenvalue weighted by molar-refractivity contribution is -0.140. The number of carbonyl (C=O) groups is 2. The van der Waals surface area contributed by atoms with Crippen LogP contribution in [-0.4, -0.2) is 46.5 Å². The van der Waals surface area contributed by atoms with Crippen molar-refractivity contribution in [3.8, 4) is 5.69 Å². The standard InChI is InChI=1S/C14H14ClN3O4/c1-21-13(19)11(15)7-9-3-5-10(6-4-9)18-8-12(16-17-18)14(20)22-2/h3-6,8,11H,7H2,1-2H3/t11-/m0/s1. The van der Waals surface area contributed by atoms with Gasteiger partial charge in [0.25, 0.3) is 0 Å². The number of hydrogen-bond donors (Lipinski definition) is 0. The maximum Gasteiger partial charge on any atom is 0.360 e. The van der Waals surface area contributed by atoms with Gasteiger partial charge in [-0.2, -0.15) is 0 Å². The molecular weight excluding hydrogens is 310 g/mol. The molecule has 0 radical (unpaired) electrons. The van der Waals surface area contributed by atoms with Crippen molar-refractivity contribution in [2.45, 2.75) is 11.8 Å². The zero-order valence-electron chi connectivity index (χ0n) is 12.0. The minimum atomic E-state index is -0.729. The highest BCUT2D eigenvalue weighted by atomic mass is 35.5. The molecule has 0 fully saturated rings. The molecule has 7 nitrogen and oxygen atoms in total. The Morgan fingerprint density at radius 3 is 2.50 bits per heavy atom. The number of esters is 2. The first-order valence-corrected chi connectivity index (χ1v) is 6.80. The zero-order valence-corrected chi connectivity index (χ0v) is 12.8. The minimum Gasteiger partial charge on any atom is -0.468 e. The molecule has 1 aromatic carbocycles. The maximum atomic E-state index is 11.3. The van der Waals surface area contributed by atoms with E-state index >= 15 is 0 Å². The maximum absolute atomic E-state index is 11.3. The van der Waals surface area contributed by atoms with Gasteiger partial charge in [-0.1, -0.05) is 17.3 Å². The Morgan fingerprint density at radius 1 is 1.23 bits per heavy atom. The van der Waals surface area contributed by atoms with Gasteiger partial charge in [0.15, 0.2) is 5.69 Å². The average molecular weight is 324 g/mol. The molecule has 0 aliphatic heterocycles. The van der Waals surface area contributed by atoms with Gasteiger partial charge in [-0.05, 0) is 24.1 Å². The Hall–Kier alpha value is -2.41. The summed E-state index contributed by atoms with van der Waals surface area (Å²) in [4.78, 5) is 22.6. The van der Waals surface area contributed by atoms with E-state index in [-0.39, 0.29) is 5.69 Å². The van der Waals surface area contributed by atoms with Crippen LogP contribution in [0.15, 0.2) is 30.5 Å². The molecular formula is C14H14ClN3O4. The highest BCUT2D eigenvalue weighted by Crippen LogP contribution is 2.13. The summed E-state index contributed by atoms with van der Waals surface area (Å²) in [7, 11) is 2.57. The van der Waals surface area contributed by atoms with Gasteiger partial charge in [0.1, 0.15) is 5.38 Å². The van der Waals surface area contributed by atoms with Crippen LogP contribution in [0, 0.1) is 0 Å². The quantitative estimate of drug-likeness (QED) is 0.610. The summed E-state index contributed by atoms with van der Waals surface area (Å²) in [6.07, 6.45) is 1.83. The number of methoxy groups -OCH3 is 2. The third kappa shape index (κ3) is 3.62. The molecule has 0 N–H and O–H groups in total. The topological polar surface area (TPSA) is 83.3 Å². The first-order chi connectivity index (χ1) is 10.5. The van der Waals surface area contributed by atoms with Crippen LogP contribution < -0.4 is 0 Å². The van der Waals surface area contributed by atoms with E-state index in [4.69, 9.17) is 11.6 Å². The predicted octanol–water partition coefficient (Wildman–Crippen LogP) is 1.38. The Bertz CT molecular complexity index is 669. The second kappa shape index (κ2) is 7.04. The smallest absolute Gasteiger partial charge is 0.360 e. The van der Waals surface area contributed by atoms with Crippen molar-refractivity contribution in [1.82, 2.24) is 15.0 Å². The third-order valence-electron chi connectivity index (χ3n) is 2.96. The number of alkyl halides is 1. The Kier molecular flexibility index (Phi) is 5.11. The van der Waals surface area contributed by atoms with Gasteiger partial charge in [-0.3, -0.25) is 4.79 Å². The summed E-state index contributed by atoms with van der Waals surface area (Å²) in [5.74, 6) is -1.02. The molecule has 2 aromatic rings. The van der Waals surface area contributed by atoms with E-state index in [2.05, 4.69) is 19.8 Å². The molecule has 0 bridgehead atoms.